The molecule has 11 heteroatoms. The Hall–Kier alpha value is -1.46. The predicted octanol–water partition coefficient (Wildman–Crippen LogP) is 4.45. The van der Waals surface area contributed by atoms with Gasteiger partial charge in [0.15, 0.2) is 11.0 Å². The molecule has 0 saturated heterocycles. The molecule has 162 valence electrons. The van der Waals surface area contributed by atoms with E-state index in [1.807, 2.05) is 6.07 Å². The van der Waals surface area contributed by atoms with Gasteiger partial charge in [-0.2, -0.15) is 0 Å². The first-order valence-electron chi connectivity index (χ1n) is 9.32. The highest BCUT2D eigenvalue weighted by Crippen LogP contribution is 2.33. The number of pyridine rings is 1. The van der Waals surface area contributed by atoms with Gasteiger partial charge in [-0.3, -0.25) is 15.2 Å². The Kier molecular flexibility index (Phi) is 7.24. The van der Waals surface area contributed by atoms with Gasteiger partial charge < -0.3 is 11.1 Å². The number of halogens is 3. The van der Waals surface area contributed by atoms with Crippen molar-refractivity contribution in [2.24, 2.45) is 5.73 Å². The quantitative estimate of drug-likeness (QED) is 0.258. The fourth-order valence-corrected chi connectivity index (χ4v) is 3.89. The first-order chi connectivity index (χ1) is 14.1. The first-order valence-corrected chi connectivity index (χ1v) is 11.0. The van der Waals surface area contributed by atoms with Crippen LogP contribution in [0.15, 0.2) is 23.2 Å². The van der Waals surface area contributed by atoms with Gasteiger partial charge in [0.2, 0.25) is 0 Å². The van der Waals surface area contributed by atoms with E-state index in [0.717, 1.165) is 30.6 Å². The smallest absolute Gasteiger partial charge is 0.285 e. The lowest BCUT2D eigenvalue weighted by Gasteiger charge is -2.16. The third-order valence-electron chi connectivity index (χ3n) is 4.74. The van der Waals surface area contributed by atoms with Crippen LogP contribution in [-0.2, 0) is 0 Å². The van der Waals surface area contributed by atoms with Crippen molar-refractivity contribution < 1.29 is 8.78 Å². The van der Waals surface area contributed by atoms with Crippen molar-refractivity contribution in [2.45, 2.75) is 43.0 Å². The average molecular weight is 473 g/mol. The van der Waals surface area contributed by atoms with Crippen molar-refractivity contribution in [2.75, 3.05) is 13.1 Å². The third kappa shape index (κ3) is 5.61. The lowest BCUT2D eigenvalue weighted by molar-refractivity contribution is 0.228. The van der Waals surface area contributed by atoms with Gasteiger partial charge in [0.1, 0.15) is 10.1 Å². The number of nitrogens with zero attached hydrogens (tertiary/aromatic N) is 2. The molecule has 0 aromatic carbocycles. The standard InChI is InChI=1S/C15H14ClF2N5S2.C4H9N/c16-11-10-9(7-1-3-21-4-2-7)5-8(24)6-23(10)15(22-11)14(20)25-13(19)12(17)18;1-4(5)2-3-4/h1,5-6,12,19-21,24H,2-4H2;2-3,5H2,1H3. The summed E-state index contributed by atoms with van der Waals surface area (Å²) in [5.41, 5.74) is 8.27. The summed E-state index contributed by atoms with van der Waals surface area (Å²) in [6.07, 6.45) is 4.04. The number of nitrogens with two attached hydrogens (primary N) is 1. The number of alkyl halides is 2. The molecule has 6 nitrogen and oxygen atoms in total. The zero-order valence-corrected chi connectivity index (χ0v) is 18.8. The predicted molar refractivity (Wildman–Crippen MR) is 123 cm³/mol. The van der Waals surface area contributed by atoms with Gasteiger partial charge in [-0.1, -0.05) is 17.7 Å². The molecule has 1 aliphatic heterocycles. The minimum atomic E-state index is -2.93. The molecule has 5 N–H and O–H groups in total. The molecule has 0 spiro atoms. The van der Waals surface area contributed by atoms with Crippen molar-refractivity contribution in [1.82, 2.24) is 14.7 Å². The van der Waals surface area contributed by atoms with Crippen LogP contribution in [0.4, 0.5) is 8.78 Å². The van der Waals surface area contributed by atoms with E-state index in [0.29, 0.717) is 22.2 Å². The number of thiol groups is 1. The highest BCUT2D eigenvalue weighted by atomic mass is 35.5. The van der Waals surface area contributed by atoms with E-state index in [2.05, 4.69) is 35.9 Å². The van der Waals surface area contributed by atoms with Crippen LogP contribution in [0.5, 0.6) is 0 Å². The second kappa shape index (κ2) is 9.35. The van der Waals surface area contributed by atoms with Crippen LogP contribution in [0, 0.1) is 10.8 Å². The van der Waals surface area contributed by atoms with Crippen LogP contribution in [-0.4, -0.2) is 44.5 Å². The highest BCUT2D eigenvalue weighted by molar-refractivity contribution is 8.26. The van der Waals surface area contributed by atoms with Crippen molar-refractivity contribution in [1.29, 1.82) is 10.8 Å². The van der Waals surface area contributed by atoms with Gasteiger partial charge in [-0.05, 0) is 56.1 Å². The molecule has 2 aromatic heterocycles. The average Bonchev–Trinajstić information content (AvgIpc) is 3.29. The van der Waals surface area contributed by atoms with Crippen molar-refractivity contribution >= 4 is 57.2 Å². The summed E-state index contributed by atoms with van der Waals surface area (Å²) in [5, 5.41) is 17.5. The van der Waals surface area contributed by atoms with Crippen LogP contribution in [0.1, 0.15) is 37.6 Å². The molecule has 1 fully saturated rings. The fraction of sp³-hybridized carbons (Fsp3) is 0.421. The first kappa shape index (κ1) is 23.2. The Labute approximate surface area is 188 Å². The SMILES string of the molecule is CC1(N)CC1.N=C(SC(=N)C(F)F)c1nc(Cl)c2c(C3=CCNCC3)cc(S)cn12. The van der Waals surface area contributed by atoms with Crippen molar-refractivity contribution in [3.8, 4) is 0 Å². The maximum atomic E-state index is 12.6. The Balaban J connectivity index is 0.000000448. The van der Waals surface area contributed by atoms with Gasteiger partial charge in [-0.25, -0.2) is 13.8 Å². The summed E-state index contributed by atoms with van der Waals surface area (Å²) in [6.45, 7) is 3.66. The molecule has 4 rings (SSSR count). The molecule has 1 saturated carbocycles. The molecular formula is C19H23ClF2N6S2. The van der Waals surface area contributed by atoms with Crippen LogP contribution < -0.4 is 11.1 Å². The number of aromatic nitrogens is 2. The van der Waals surface area contributed by atoms with Gasteiger partial charge in [0.05, 0.1) is 5.52 Å². The minimum absolute atomic E-state index is 0.113. The molecule has 1 aliphatic carbocycles. The number of hydrogen-bond acceptors (Lipinski definition) is 7. The summed E-state index contributed by atoms with van der Waals surface area (Å²) in [5.74, 6) is 0.113. The topological polar surface area (TPSA) is 103 Å². The summed E-state index contributed by atoms with van der Waals surface area (Å²) in [7, 11) is 0. The Morgan fingerprint density at radius 1 is 1.43 bits per heavy atom. The zero-order valence-electron chi connectivity index (χ0n) is 16.3. The normalized spacial score (nSPS) is 17.4. The molecular weight excluding hydrogens is 450 g/mol. The summed E-state index contributed by atoms with van der Waals surface area (Å²) >= 11 is 11.1. The minimum Gasteiger partial charge on any atom is -0.325 e. The lowest BCUT2D eigenvalue weighted by atomic mass is 10.0. The van der Waals surface area contributed by atoms with Gasteiger partial charge in [0, 0.05) is 28.7 Å². The highest BCUT2D eigenvalue weighted by Gasteiger charge is 2.31. The van der Waals surface area contributed by atoms with Gasteiger partial charge in [-0.15, -0.1) is 12.6 Å². The van der Waals surface area contributed by atoms with Gasteiger partial charge >= 0.3 is 0 Å². The maximum absolute atomic E-state index is 12.6. The van der Waals surface area contributed by atoms with Crippen molar-refractivity contribution in [3.05, 3.63) is 34.9 Å². The second-order valence-corrected chi connectivity index (χ2v) is 9.42. The van der Waals surface area contributed by atoms with Crippen molar-refractivity contribution in [3.63, 3.8) is 0 Å². The number of rotatable bonds is 3. The van der Waals surface area contributed by atoms with E-state index in [-0.39, 0.29) is 21.6 Å². The van der Waals surface area contributed by atoms with E-state index in [1.165, 1.54) is 12.8 Å². The number of imidazole rings is 1. The largest absolute Gasteiger partial charge is 0.325 e. The summed E-state index contributed by atoms with van der Waals surface area (Å²) < 4.78 is 26.7. The molecule has 0 radical (unpaired) electrons. The van der Waals surface area contributed by atoms with Crippen LogP contribution in [0.3, 0.4) is 0 Å². The van der Waals surface area contributed by atoms with Crippen LogP contribution >= 0.6 is 36.0 Å². The van der Waals surface area contributed by atoms with E-state index >= 15 is 0 Å². The molecule has 3 heterocycles. The number of thioether (sulfide) groups is 1. The van der Waals surface area contributed by atoms with E-state index < -0.39 is 11.5 Å². The summed E-state index contributed by atoms with van der Waals surface area (Å²) in [6, 6.07) is 1.88. The molecule has 2 aliphatic rings. The molecule has 0 bridgehead atoms. The number of hydrogen-bond donors (Lipinski definition) is 5. The Bertz CT molecular complexity index is 1010. The van der Waals surface area contributed by atoms with Crippen LogP contribution in [0.25, 0.3) is 11.1 Å². The molecule has 0 amide bonds. The lowest BCUT2D eigenvalue weighted by Crippen LogP contribution is -2.20. The number of fused-ring (bicyclic) bond motifs is 1. The van der Waals surface area contributed by atoms with E-state index in [4.69, 9.17) is 28.2 Å². The summed E-state index contributed by atoms with van der Waals surface area (Å²) in [4.78, 5) is 4.80. The maximum Gasteiger partial charge on any atom is 0.285 e. The fourth-order valence-electron chi connectivity index (χ4n) is 2.83. The van der Waals surface area contributed by atoms with E-state index in [1.54, 1.807) is 10.6 Å². The Morgan fingerprint density at radius 3 is 2.63 bits per heavy atom. The Morgan fingerprint density at radius 2 is 2.10 bits per heavy atom. The van der Waals surface area contributed by atoms with E-state index in [9.17, 15) is 8.78 Å². The number of nitrogens with one attached hydrogen (secondary N) is 3. The third-order valence-corrected chi connectivity index (χ3v) is 6.03. The molecule has 0 unspecified atom stereocenters. The zero-order chi connectivity index (χ0) is 22.1. The monoisotopic (exact) mass is 472 g/mol. The molecule has 0 atom stereocenters. The van der Waals surface area contributed by atoms with Crippen LogP contribution in [0.2, 0.25) is 5.15 Å². The second-order valence-electron chi connectivity index (χ2n) is 7.49. The molecule has 2 aromatic rings. The van der Waals surface area contributed by atoms with Gasteiger partial charge in [0.25, 0.3) is 6.43 Å². The molecule has 30 heavy (non-hydrogen) atoms.